The number of hydrogen-bond donors (Lipinski definition) is 2. The third-order valence-corrected chi connectivity index (χ3v) is 5.82. The maximum absolute atomic E-state index is 12.4. The van der Waals surface area contributed by atoms with Crippen LogP contribution in [-0.4, -0.2) is 71.8 Å². The summed E-state index contributed by atoms with van der Waals surface area (Å²) < 4.78 is 37.4. The highest BCUT2D eigenvalue weighted by molar-refractivity contribution is 7.89. The van der Waals surface area contributed by atoms with Gasteiger partial charge in [0.1, 0.15) is 5.75 Å². The van der Waals surface area contributed by atoms with Crippen LogP contribution >= 0.6 is 11.6 Å². The van der Waals surface area contributed by atoms with Crippen molar-refractivity contribution >= 4 is 27.5 Å². The van der Waals surface area contributed by atoms with Gasteiger partial charge in [0, 0.05) is 26.2 Å². The Morgan fingerprint density at radius 1 is 1.38 bits per heavy atom. The van der Waals surface area contributed by atoms with E-state index in [9.17, 15) is 13.2 Å². The maximum Gasteiger partial charge on any atom is 0.241 e. The zero-order valence-electron chi connectivity index (χ0n) is 14.8. The number of rotatable bonds is 8. The zero-order valence-corrected chi connectivity index (χ0v) is 16.4. The Morgan fingerprint density at radius 2 is 2.08 bits per heavy atom. The Balaban J connectivity index is 1.87. The summed E-state index contributed by atoms with van der Waals surface area (Å²) in [5.41, 5.74) is 0. The van der Waals surface area contributed by atoms with Crippen molar-refractivity contribution in [1.82, 2.24) is 14.9 Å². The van der Waals surface area contributed by atoms with Gasteiger partial charge < -0.3 is 14.8 Å². The van der Waals surface area contributed by atoms with E-state index in [4.69, 9.17) is 21.1 Å². The largest absolute Gasteiger partial charge is 0.495 e. The van der Waals surface area contributed by atoms with E-state index in [0.29, 0.717) is 32.1 Å². The Labute approximate surface area is 158 Å². The van der Waals surface area contributed by atoms with Crippen molar-refractivity contribution in [3.05, 3.63) is 23.2 Å². The first-order valence-corrected chi connectivity index (χ1v) is 10.1. The molecule has 8 nitrogen and oxygen atoms in total. The first-order chi connectivity index (χ1) is 12.3. The monoisotopic (exact) mass is 405 g/mol. The predicted octanol–water partition coefficient (Wildman–Crippen LogP) is 0.464. The van der Waals surface area contributed by atoms with Gasteiger partial charge in [0.2, 0.25) is 15.9 Å². The molecule has 2 rings (SSSR count). The van der Waals surface area contributed by atoms with Crippen LogP contribution in [0.4, 0.5) is 0 Å². The number of morpholine rings is 1. The summed E-state index contributed by atoms with van der Waals surface area (Å²) in [5.74, 6) is -0.0130. The molecule has 0 saturated carbocycles. The number of nitrogens with one attached hydrogen (secondary N) is 2. The fourth-order valence-corrected chi connectivity index (χ4v) is 4.03. The number of methoxy groups -OCH3 is 1. The Hall–Kier alpha value is -1.39. The molecular weight excluding hydrogens is 382 g/mol. The molecule has 2 N–H and O–H groups in total. The lowest BCUT2D eigenvalue weighted by Crippen LogP contribution is -2.47. The van der Waals surface area contributed by atoms with Gasteiger partial charge in [0.25, 0.3) is 0 Å². The van der Waals surface area contributed by atoms with Crippen molar-refractivity contribution in [1.29, 1.82) is 0 Å². The molecule has 1 heterocycles. The van der Waals surface area contributed by atoms with Gasteiger partial charge >= 0.3 is 0 Å². The second-order valence-corrected chi connectivity index (χ2v) is 8.01. The second-order valence-electron chi connectivity index (χ2n) is 5.88. The van der Waals surface area contributed by atoms with E-state index in [1.54, 1.807) is 0 Å². The fraction of sp³-hybridized carbons (Fsp3) is 0.562. The molecular formula is C16H24ClN3O5S. The summed E-state index contributed by atoms with van der Waals surface area (Å²) >= 11 is 5.97. The Kier molecular flexibility index (Phi) is 7.66. The van der Waals surface area contributed by atoms with Gasteiger partial charge in [-0.1, -0.05) is 11.6 Å². The third-order valence-electron chi connectivity index (χ3n) is 3.99. The van der Waals surface area contributed by atoms with E-state index in [-0.39, 0.29) is 15.8 Å². The van der Waals surface area contributed by atoms with Crippen LogP contribution in [-0.2, 0) is 19.6 Å². The smallest absolute Gasteiger partial charge is 0.241 e. The average molecular weight is 406 g/mol. The normalized spacial score (nSPS) is 16.9. The number of amides is 1. The zero-order chi connectivity index (χ0) is 19.2. The minimum absolute atomic E-state index is 0.0312. The lowest BCUT2D eigenvalue weighted by atomic mass is 10.3. The lowest BCUT2D eigenvalue weighted by molar-refractivity contribution is -0.122. The van der Waals surface area contributed by atoms with Gasteiger partial charge in [0.15, 0.2) is 0 Å². The number of carbonyl (C=O) groups excluding carboxylic acids is 1. The number of sulfonamides is 1. The summed E-state index contributed by atoms with van der Waals surface area (Å²) in [6.45, 7) is 5.67. The van der Waals surface area contributed by atoms with Crippen molar-refractivity contribution in [3.8, 4) is 5.75 Å². The number of ether oxygens (including phenoxy) is 2. The maximum atomic E-state index is 12.4. The van der Waals surface area contributed by atoms with Crippen molar-refractivity contribution in [2.24, 2.45) is 0 Å². The molecule has 0 aromatic heterocycles. The SMILES string of the molecule is COc1ccc(S(=O)(=O)N[C@H](C)C(=O)NCCN2CCOCC2)cc1Cl. The molecule has 1 saturated heterocycles. The molecule has 1 aromatic carbocycles. The van der Waals surface area contributed by atoms with Gasteiger partial charge in [0.05, 0.1) is 36.3 Å². The van der Waals surface area contributed by atoms with E-state index in [0.717, 1.165) is 13.1 Å². The highest BCUT2D eigenvalue weighted by Crippen LogP contribution is 2.26. The summed E-state index contributed by atoms with van der Waals surface area (Å²) in [4.78, 5) is 14.3. The van der Waals surface area contributed by atoms with Gasteiger partial charge in [-0.05, 0) is 25.1 Å². The number of benzene rings is 1. The molecule has 1 fully saturated rings. The molecule has 1 aliphatic heterocycles. The fourth-order valence-electron chi connectivity index (χ4n) is 2.48. The summed E-state index contributed by atoms with van der Waals surface area (Å²) in [5, 5.41) is 2.92. The number of hydrogen-bond acceptors (Lipinski definition) is 6. The van der Waals surface area contributed by atoms with Crippen LogP contribution < -0.4 is 14.8 Å². The molecule has 0 unspecified atom stereocenters. The summed E-state index contributed by atoms with van der Waals surface area (Å²) in [7, 11) is -2.43. The van der Waals surface area contributed by atoms with E-state index in [1.807, 2.05) is 0 Å². The Morgan fingerprint density at radius 3 is 2.69 bits per heavy atom. The van der Waals surface area contributed by atoms with E-state index < -0.39 is 16.1 Å². The Bertz CT molecular complexity index is 723. The van der Waals surface area contributed by atoms with Crippen LogP contribution in [0.25, 0.3) is 0 Å². The van der Waals surface area contributed by atoms with Crippen LogP contribution in [0.15, 0.2) is 23.1 Å². The minimum Gasteiger partial charge on any atom is -0.495 e. The van der Waals surface area contributed by atoms with Crippen LogP contribution in [0, 0.1) is 0 Å². The molecule has 1 aromatic rings. The van der Waals surface area contributed by atoms with Crippen molar-refractivity contribution < 1.29 is 22.7 Å². The van der Waals surface area contributed by atoms with Crippen LogP contribution in [0.1, 0.15) is 6.92 Å². The standard InChI is InChI=1S/C16H24ClN3O5S/c1-12(16(21)18-5-6-20-7-9-25-10-8-20)19-26(22,23)13-3-4-15(24-2)14(17)11-13/h3-4,11-12,19H,5-10H2,1-2H3,(H,18,21)/t12-/m1/s1. The molecule has 0 spiro atoms. The molecule has 0 bridgehead atoms. The highest BCUT2D eigenvalue weighted by Gasteiger charge is 2.23. The van der Waals surface area contributed by atoms with Crippen LogP contribution in [0.3, 0.4) is 0 Å². The predicted molar refractivity (Wildman–Crippen MR) is 98.1 cm³/mol. The molecule has 0 radical (unpaired) electrons. The summed E-state index contributed by atoms with van der Waals surface area (Å²) in [6.07, 6.45) is 0. The van der Waals surface area contributed by atoms with Gasteiger partial charge in [-0.2, -0.15) is 4.72 Å². The summed E-state index contributed by atoms with van der Waals surface area (Å²) in [6, 6.07) is 3.21. The molecule has 10 heteroatoms. The highest BCUT2D eigenvalue weighted by atomic mass is 35.5. The molecule has 1 amide bonds. The first-order valence-electron chi connectivity index (χ1n) is 8.27. The molecule has 26 heavy (non-hydrogen) atoms. The average Bonchev–Trinajstić information content (AvgIpc) is 2.62. The molecule has 0 aliphatic carbocycles. The van der Waals surface area contributed by atoms with Gasteiger partial charge in [-0.25, -0.2) is 8.42 Å². The van der Waals surface area contributed by atoms with Crippen LogP contribution in [0.2, 0.25) is 5.02 Å². The minimum atomic E-state index is -3.88. The third kappa shape index (κ3) is 5.82. The van der Waals surface area contributed by atoms with Crippen LogP contribution in [0.5, 0.6) is 5.75 Å². The molecule has 146 valence electrons. The molecule has 1 aliphatic rings. The quantitative estimate of drug-likeness (QED) is 0.652. The van der Waals surface area contributed by atoms with Crippen molar-refractivity contribution in [2.45, 2.75) is 17.9 Å². The lowest BCUT2D eigenvalue weighted by Gasteiger charge is -2.26. The van der Waals surface area contributed by atoms with E-state index >= 15 is 0 Å². The second kappa shape index (κ2) is 9.52. The molecule has 1 atom stereocenters. The van der Waals surface area contributed by atoms with Crippen molar-refractivity contribution in [2.75, 3.05) is 46.5 Å². The van der Waals surface area contributed by atoms with E-state index in [1.165, 1.54) is 32.2 Å². The first kappa shape index (κ1) is 20.9. The number of nitrogens with zero attached hydrogens (tertiary/aromatic N) is 1. The van der Waals surface area contributed by atoms with E-state index in [2.05, 4.69) is 14.9 Å². The van der Waals surface area contributed by atoms with Gasteiger partial charge in [-0.3, -0.25) is 9.69 Å². The topological polar surface area (TPSA) is 97.0 Å². The van der Waals surface area contributed by atoms with Crippen molar-refractivity contribution in [3.63, 3.8) is 0 Å². The number of carbonyl (C=O) groups is 1. The number of halogens is 1. The van der Waals surface area contributed by atoms with Gasteiger partial charge in [-0.15, -0.1) is 0 Å².